The summed E-state index contributed by atoms with van der Waals surface area (Å²) in [6.45, 7) is 7.49. The molecule has 0 amide bonds. The van der Waals surface area contributed by atoms with Crippen LogP contribution >= 0.6 is 0 Å². The van der Waals surface area contributed by atoms with Crippen LogP contribution in [0.1, 0.15) is 34.0 Å². The Morgan fingerprint density at radius 3 is 2.50 bits per heavy atom. The Morgan fingerprint density at radius 2 is 1.94 bits per heavy atom. The standard InChI is InChI=1S/C14H18O4/c1-5-17-13(16)8-18-14-10(3)6-9(2)12(7-15)11(14)4/h6-7H,5,8H2,1-4H3. The van der Waals surface area contributed by atoms with E-state index in [0.29, 0.717) is 17.9 Å². The summed E-state index contributed by atoms with van der Waals surface area (Å²) in [6.07, 6.45) is 0.807. The van der Waals surface area contributed by atoms with E-state index in [9.17, 15) is 9.59 Å². The number of hydrogen-bond donors (Lipinski definition) is 0. The fourth-order valence-electron chi connectivity index (χ4n) is 1.92. The van der Waals surface area contributed by atoms with Crippen LogP contribution < -0.4 is 4.74 Å². The fourth-order valence-corrected chi connectivity index (χ4v) is 1.92. The molecule has 0 fully saturated rings. The van der Waals surface area contributed by atoms with Crippen molar-refractivity contribution in [3.8, 4) is 5.75 Å². The largest absolute Gasteiger partial charge is 0.481 e. The van der Waals surface area contributed by atoms with E-state index in [-0.39, 0.29) is 6.61 Å². The first-order valence-electron chi connectivity index (χ1n) is 5.85. The maximum absolute atomic E-state index is 11.2. The van der Waals surface area contributed by atoms with Crippen molar-refractivity contribution >= 4 is 12.3 Å². The molecular weight excluding hydrogens is 232 g/mol. The first kappa shape index (κ1) is 14.2. The Hall–Kier alpha value is -1.84. The van der Waals surface area contributed by atoms with Crippen LogP contribution in [0.15, 0.2) is 6.07 Å². The average Bonchev–Trinajstić information content (AvgIpc) is 2.29. The number of aldehydes is 1. The molecule has 4 nitrogen and oxygen atoms in total. The topological polar surface area (TPSA) is 52.6 Å². The van der Waals surface area contributed by atoms with Gasteiger partial charge in [0.15, 0.2) is 12.9 Å². The smallest absolute Gasteiger partial charge is 0.344 e. The first-order valence-corrected chi connectivity index (χ1v) is 5.85. The van der Waals surface area contributed by atoms with E-state index >= 15 is 0 Å². The number of rotatable bonds is 5. The van der Waals surface area contributed by atoms with Gasteiger partial charge >= 0.3 is 5.97 Å². The quantitative estimate of drug-likeness (QED) is 0.594. The van der Waals surface area contributed by atoms with Crippen molar-refractivity contribution in [2.75, 3.05) is 13.2 Å². The van der Waals surface area contributed by atoms with E-state index in [1.807, 2.05) is 26.8 Å². The van der Waals surface area contributed by atoms with E-state index in [2.05, 4.69) is 0 Å². The predicted octanol–water partition coefficient (Wildman–Crippen LogP) is 2.37. The molecular formula is C14H18O4. The lowest BCUT2D eigenvalue weighted by molar-refractivity contribution is -0.145. The minimum absolute atomic E-state index is 0.142. The molecule has 98 valence electrons. The monoisotopic (exact) mass is 250 g/mol. The molecule has 0 unspecified atom stereocenters. The third-order valence-electron chi connectivity index (χ3n) is 2.72. The third kappa shape index (κ3) is 3.09. The summed E-state index contributed by atoms with van der Waals surface area (Å²) in [6, 6.07) is 1.87. The predicted molar refractivity (Wildman–Crippen MR) is 68.2 cm³/mol. The maximum Gasteiger partial charge on any atom is 0.344 e. The Morgan fingerprint density at radius 1 is 1.28 bits per heavy atom. The number of aryl methyl sites for hydroxylation is 2. The molecule has 0 heterocycles. The lowest BCUT2D eigenvalue weighted by Crippen LogP contribution is -2.16. The Bertz CT molecular complexity index is 463. The van der Waals surface area contributed by atoms with Gasteiger partial charge in [-0.2, -0.15) is 0 Å². The van der Waals surface area contributed by atoms with Gasteiger partial charge in [0.1, 0.15) is 5.75 Å². The third-order valence-corrected chi connectivity index (χ3v) is 2.72. The van der Waals surface area contributed by atoms with Crippen molar-refractivity contribution in [2.24, 2.45) is 0 Å². The van der Waals surface area contributed by atoms with Crippen LogP contribution in [0.4, 0.5) is 0 Å². The Balaban J connectivity index is 2.95. The zero-order valence-electron chi connectivity index (χ0n) is 11.2. The molecule has 1 aromatic carbocycles. The van der Waals surface area contributed by atoms with E-state index in [1.54, 1.807) is 6.92 Å². The van der Waals surface area contributed by atoms with E-state index in [1.165, 1.54) is 0 Å². The molecule has 0 saturated carbocycles. The van der Waals surface area contributed by atoms with Gasteiger partial charge in [-0.15, -0.1) is 0 Å². The lowest BCUT2D eigenvalue weighted by Gasteiger charge is -2.14. The van der Waals surface area contributed by atoms with Crippen molar-refractivity contribution in [1.82, 2.24) is 0 Å². The van der Waals surface area contributed by atoms with Gasteiger partial charge in [-0.05, 0) is 38.8 Å². The van der Waals surface area contributed by atoms with Crippen molar-refractivity contribution in [2.45, 2.75) is 27.7 Å². The van der Waals surface area contributed by atoms with Crippen LogP contribution in [-0.2, 0) is 9.53 Å². The SMILES string of the molecule is CCOC(=O)COc1c(C)cc(C)c(C=O)c1C. The molecule has 0 atom stereocenters. The molecule has 0 aliphatic rings. The van der Waals surface area contributed by atoms with Crippen LogP contribution in [-0.4, -0.2) is 25.5 Å². The van der Waals surface area contributed by atoms with Crippen molar-refractivity contribution < 1.29 is 19.1 Å². The zero-order chi connectivity index (χ0) is 13.7. The highest BCUT2D eigenvalue weighted by molar-refractivity contribution is 5.81. The first-order chi connectivity index (χ1) is 8.51. The number of ether oxygens (including phenoxy) is 2. The fraction of sp³-hybridized carbons (Fsp3) is 0.429. The molecule has 4 heteroatoms. The van der Waals surface area contributed by atoms with Gasteiger partial charge in [0.2, 0.25) is 0 Å². The lowest BCUT2D eigenvalue weighted by atomic mass is 9.99. The van der Waals surface area contributed by atoms with Crippen molar-refractivity contribution in [3.63, 3.8) is 0 Å². The van der Waals surface area contributed by atoms with E-state index in [0.717, 1.165) is 23.0 Å². The van der Waals surface area contributed by atoms with Gasteiger partial charge in [-0.3, -0.25) is 4.79 Å². The summed E-state index contributed by atoms with van der Waals surface area (Å²) in [7, 11) is 0. The number of esters is 1. The molecule has 0 N–H and O–H groups in total. The van der Waals surface area contributed by atoms with Crippen LogP contribution in [0, 0.1) is 20.8 Å². The van der Waals surface area contributed by atoms with Crippen LogP contribution in [0.3, 0.4) is 0 Å². The summed E-state index contributed by atoms with van der Waals surface area (Å²) in [5.74, 6) is 0.167. The summed E-state index contributed by atoms with van der Waals surface area (Å²) < 4.78 is 10.2. The van der Waals surface area contributed by atoms with Crippen LogP contribution in [0.2, 0.25) is 0 Å². The summed E-state index contributed by atoms with van der Waals surface area (Å²) >= 11 is 0. The summed E-state index contributed by atoms with van der Waals surface area (Å²) in [5.41, 5.74) is 3.18. The molecule has 1 aromatic rings. The molecule has 18 heavy (non-hydrogen) atoms. The van der Waals surface area contributed by atoms with E-state index in [4.69, 9.17) is 9.47 Å². The number of carbonyl (C=O) groups is 2. The van der Waals surface area contributed by atoms with Crippen LogP contribution in [0.5, 0.6) is 5.75 Å². The molecule has 0 aliphatic heterocycles. The highest BCUT2D eigenvalue weighted by Crippen LogP contribution is 2.28. The number of hydrogen-bond acceptors (Lipinski definition) is 4. The number of benzene rings is 1. The van der Waals surface area contributed by atoms with Crippen molar-refractivity contribution in [3.05, 3.63) is 28.3 Å². The highest BCUT2D eigenvalue weighted by atomic mass is 16.6. The summed E-state index contributed by atoms with van der Waals surface area (Å²) in [4.78, 5) is 22.2. The van der Waals surface area contributed by atoms with Gasteiger partial charge < -0.3 is 9.47 Å². The molecule has 1 rings (SSSR count). The average molecular weight is 250 g/mol. The Kier molecular flexibility index (Phi) is 4.89. The Labute approximate surface area is 107 Å². The van der Waals surface area contributed by atoms with E-state index < -0.39 is 5.97 Å². The van der Waals surface area contributed by atoms with Gasteiger partial charge in [0, 0.05) is 11.1 Å². The summed E-state index contributed by atoms with van der Waals surface area (Å²) in [5, 5.41) is 0. The minimum Gasteiger partial charge on any atom is -0.481 e. The molecule has 0 saturated heterocycles. The normalized spacial score (nSPS) is 10.0. The van der Waals surface area contributed by atoms with Crippen LogP contribution in [0.25, 0.3) is 0 Å². The zero-order valence-corrected chi connectivity index (χ0v) is 11.2. The molecule has 0 aromatic heterocycles. The van der Waals surface area contributed by atoms with Gasteiger partial charge in [0.25, 0.3) is 0 Å². The highest BCUT2D eigenvalue weighted by Gasteiger charge is 2.13. The molecule has 0 aliphatic carbocycles. The molecule has 0 bridgehead atoms. The second-order valence-electron chi connectivity index (χ2n) is 4.09. The minimum atomic E-state index is -0.412. The second-order valence-corrected chi connectivity index (χ2v) is 4.09. The number of carbonyl (C=O) groups excluding carboxylic acids is 2. The maximum atomic E-state index is 11.2. The molecule has 0 spiro atoms. The van der Waals surface area contributed by atoms with Gasteiger partial charge in [-0.25, -0.2) is 4.79 Å². The van der Waals surface area contributed by atoms with Crippen molar-refractivity contribution in [1.29, 1.82) is 0 Å². The molecule has 0 radical (unpaired) electrons. The second kappa shape index (κ2) is 6.19. The van der Waals surface area contributed by atoms with Gasteiger partial charge in [-0.1, -0.05) is 6.07 Å². The van der Waals surface area contributed by atoms with Gasteiger partial charge in [0.05, 0.1) is 6.61 Å².